The summed E-state index contributed by atoms with van der Waals surface area (Å²) in [4.78, 5) is 11.9. The fourth-order valence-corrected chi connectivity index (χ4v) is 1.90. The van der Waals surface area contributed by atoms with E-state index in [9.17, 15) is 9.90 Å². The highest BCUT2D eigenvalue weighted by molar-refractivity contribution is 5.80. The third-order valence-corrected chi connectivity index (χ3v) is 3.00. The zero-order chi connectivity index (χ0) is 15.8. The molecule has 1 amide bonds. The van der Waals surface area contributed by atoms with Crippen molar-refractivity contribution in [2.45, 2.75) is 39.4 Å². The van der Waals surface area contributed by atoms with Crippen molar-refractivity contribution < 1.29 is 19.4 Å². The third kappa shape index (κ3) is 6.49. The molecule has 0 saturated heterocycles. The Labute approximate surface area is 126 Å². The second kappa shape index (κ2) is 8.52. The fraction of sp³-hybridized carbons (Fsp3) is 0.562. The van der Waals surface area contributed by atoms with Crippen LogP contribution in [0.3, 0.4) is 0 Å². The number of amides is 1. The minimum Gasteiger partial charge on any atom is -0.497 e. The first-order chi connectivity index (χ1) is 9.92. The van der Waals surface area contributed by atoms with E-state index in [0.29, 0.717) is 18.1 Å². The predicted octanol–water partition coefficient (Wildman–Crippen LogP) is 1.99. The molecule has 1 rings (SSSR count). The molecule has 0 radical (unpaired) electrons. The highest BCUT2D eigenvalue weighted by atomic mass is 16.5. The Morgan fingerprint density at radius 2 is 1.76 bits per heavy atom. The number of aliphatic hydroxyl groups is 1. The van der Waals surface area contributed by atoms with Gasteiger partial charge in [-0.15, -0.1) is 0 Å². The van der Waals surface area contributed by atoms with E-state index in [2.05, 4.69) is 5.32 Å². The average Bonchev–Trinajstić information content (AvgIpc) is 2.44. The molecule has 0 bridgehead atoms. The van der Waals surface area contributed by atoms with E-state index in [0.717, 1.165) is 5.75 Å². The Morgan fingerprint density at radius 3 is 2.29 bits per heavy atom. The minimum atomic E-state index is -0.621. The summed E-state index contributed by atoms with van der Waals surface area (Å²) < 4.78 is 10.6. The number of hydrogen-bond donors (Lipinski definition) is 2. The molecule has 2 N–H and O–H groups in total. The molecule has 5 nitrogen and oxygen atoms in total. The summed E-state index contributed by atoms with van der Waals surface area (Å²) in [6, 6.07) is 7.03. The average molecular weight is 295 g/mol. The van der Waals surface area contributed by atoms with Crippen molar-refractivity contribution in [3.63, 3.8) is 0 Å². The van der Waals surface area contributed by atoms with Crippen molar-refractivity contribution in [2.75, 3.05) is 13.7 Å². The van der Waals surface area contributed by atoms with Gasteiger partial charge in [-0.25, -0.2) is 0 Å². The van der Waals surface area contributed by atoms with Crippen LogP contribution < -0.4 is 14.8 Å². The van der Waals surface area contributed by atoms with Gasteiger partial charge in [0.1, 0.15) is 11.5 Å². The minimum absolute atomic E-state index is 0.242. The summed E-state index contributed by atoms with van der Waals surface area (Å²) in [5.41, 5.74) is 0. The summed E-state index contributed by atoms with van der Waals surface area (Å²) >= 11 is 0. The lowest BCUT2D eigenvalue weighted by Gasteiger charge is -2.17. The summed E-state index contributed by atoms with van der Waals surface area (Å²) in [6.45, 7) is 5.97. The number of hydrogen-bond acceptors (Lipinski definition) is 4. The van der Waals surface area contributed by atoms with Gasteiger partial charge in [-0.1, -0.05) is 13.8 Å². The number of nitrogens with one attached hydrogen (secondary N) is 1. The van der Waals surface area contributed by atoms with Gasteiger partial charge in [0, 0.05) is 6.54 Å². The van der Waals surface area contributed by atoms with E-state index in [1.807, 2.05) is 13.8 Å². The summed E-state index contributed by atoms with van der Waals surface area (Å²) in [5, 5.41) is 12.4. The van der Waals surface area contributed by atoms with Crippen molar-refractivity contribution in [1.29, 1.82) is 0 Å². The van der Waals surface area contributed by atoms with Gasteiger partial charge >= 0.3 is 0 Å². The smallest absolute Gasteiger partial charge is 0.260 e. The molecule has 0 aliphatic rings. The Bertz CT molecular complexity index is 430. The number of carbonyl (C=O) groups is 1. The molecule has 5 heteroatoms. The van der Waals surface area contributed by atoms with Crippen LogP contribution in [0.15, 0.2) is 24.3 Å². The molecule has 1 aromatic rings. The van der Waals surface area contributed by atoms with Crippen molar-refractivity contribution in [3.05, 3.63) is 24.3 Å². The van der Waals surface area contributed by atoms with E-state index in [1.165, 1.54) is 0 Å². The van der Waals surface area contributed by atoms with Gasteiger partial charge in [-0.2, -0.15) is 0 Å². The molecule has 118 valence electrons. The van der Waals surface area contributed by atoms with Crippen LogP contribution in [0.2, 0.25) is 0 Å². The van der Waals surface area contributed by atoms with Crippen LogP contribution in [0.1, 0.15) is 27.2 Å². The fourth-order valence-electron chi connectivity index (χ4n) is 1.90. The zero-order valence-corrected chi connectivity index (χ0v) is 13.1. The number of rotatable bonds is 8. The second-order valence-electron chi connectivity index (χ2n) is 5.46. The summed E-state index contributed by atoms with van der Waals surface area (Å²) in [5.74, 6) is 1.48. The lowest BCUT2D eigenvalue weighted by Crippen LogP contribution is -2.40. The van der Waals surface area contributed by atoms with Gasteiger partial charge in [-0.3, -0.25) is 4.79 Å². The maximum atomic E-state index is 11.9. The molecular weight excluding hydrogens is 270 g/mol. The van der Waals surface area contributed by atoms with Crippen LogP contribution >= 0.6 is 0 Å². The van der Waals surface area contributed by atoms with Crippen LogP contribution in [-0.2, 0) is 4.79 Å². The van der Waals surface area contributed by atoms with Gasteiger partial charge in [0.15, 0.2) is 6.10 Å². The molecule has 2 atom stereocenters. The molecule has 0 aliphatic heterocycles. The molecule has 0 spiro atoms. The Hall–Kier alpha value is -1.75. The molecule has 0 fully saturated rings. The van der Waals surface area contributed by atoms with Crippen molar-refractivity contribution in [1.82, 2.24) is 5.32 Å². The molecule has 0 aromatic heterocycles. The Morgan fingerprint density at radius 1 is 1.19 bits per heavy atom. The number of methoxy groups -OCH3 is 1. The highest BCUT2D eigenvalue weighted by Crippen LogP contribution is 2.18. The molecule has 21 heavy (non-hydrogen) atoms. The molecule has 0 heterocycles. The molecule has 0 saturated carbocycles. The number of aliphatic hydroxyl groups excluding tert-OH is 1. The quantitative estimate of drug-likeness (QED) is 0.769. The number of benzene rings is 1. The van der Waals surface area contributed by atoms with Gasteiger partial charge in [-0.05, 0) is 43.5 Å². The van der Waals surface area contributed by atoms with Crippen LogP contribution in [-0.4, -0.2) is 36.9 Å². The highest BCUT2D eigenvalue weighted by Gasteiger charge is 2.16. The molecule has 0 aliphatic carbocycles. The first-order valence-corrected chi connectivity index (χ1v) is 7.18. The predicted molar refractivity (Wildman–Crippen MR) is 81.6 cm³/mol. The molecule has 1 aromatic carbocycles. The van der Waals surface area contributed by atoms with E-state index in [1.54, 1.807) is 38.3 Å². The monoisotopic (exact) mass is 295 g/mol. The van der Waals surface area contributed by atoms with Crippen molar-refractivity contribution >= 4 is 5.91 Å². The van der Waals surface area contributed by atoms with Gasteiger partial charge in [0.2, 0.25) is 0 Å². The van der Waals surface area contributed by atoms with Crippen LogP contribution in [0.25, 0.3) is 0 Å². The van der Waals surface area contributed by atoms with Gasteiger partial charge in [0.25, 0.3) is 5.91 Å². The van der Waals surface area contributed by atoms with E-state index in [-0.39, 0.29) is 12.5 Å². The first kappa shape index (κ1) is 17.3. The largest absolute Gasteiger partial charge is 0.497 e. The number of ether oxygens (including phenoxy) is 2. The van der Waals surface area contributed by atoms with E-state index < -0.39 is 12.2 Å². The van der Waals surface area contributed by atoms with Gasteiger partial charge in [0.05, 0.1) is 13.2 Å². The maximum Gasteiger partial charge on any atom is 0.260 e. The standard InChI is InChI=1S/C16H25NO4/c1-11(2)9-13(18)10-17-16(19)12(3)21-15-7-5-14(20-4)6-8-15/h5-8,11-13,18H,9-10H2,1-4H3,(H,17,19). The first-order valence-electron chi connectivity index (χ1n) is 7.18. The van der Waals surface area contributed by atoms with E-state index >= 15 is 0 Å². The lowest BCUT2D eigenvalue weighted by atomic mass is 10.1. The van der Waals surface area contributed by atoms with Crippen LogP contribution in [0.5, 0.6) is 11.5 Å². The summed E-state index contributed by atoms with van der Waals surface area (Å²) in [7, 11) is 1.59. The zero-order valence-electron chi connectivity index (χ0n) is 13.1. The third-order valence-electron chi connectivity index (χ3n) is 3.00. The summed E-state index contributed by atoms with van der Waals surface area (Å²) in [6.07, 6.45) is -0.486. The SMILES string of the molecule is COc1ccc(OC(C)C(=O)NCC(O)CC(C)C)cc1. The normalized spacial score (nSPS) is 13.6. The molecule has 2 unspecified atom stereocenters. The maximum absolute atomic E-state index is 11.9. The van der Waals surface area contributed by atoms with Crippen LogP contribution in [0.4, 0.5) is 0 Å². The van der Waals surface area contributed by atoms with Crippen molar-refractivity contribution in [3.8, 4) is 11.5 Å². The van der Waals surface area contributed by atoms with E-state index in [4.69, 9.17) is 9.47 Å². The topological polar surface area (TPSA) is 67.8 Å². The molecular formula is C16H25NO4. The van der Waals surface area contributed by atoms with Crippen molar-refractivity contribution in [2.24, 2.45) is 5.92 Å². The second-order valence-corrected chi connectivity index (χ2v) is 5.46. The Kier molecular flexibility index (Phi) is 7.02. The van der Waals surface area contributed by atoms with Gasteiger partial charge < -0.3 is 19.9 Å². The lowest BCUT2D eigenvalue weighted by molar-refractivity contribution is -0.127. The number of carbonyl (C=O) groups excluding carboxylic acids is 1. The Balaban J connectivity index is 2.39. The van der Waals surface area contributed by atoms with Crippen LogP contribution in [0, 0.1) is 5.92 Å².